The Balaban J connectivity index is 2.49. The quantitative estimate of drug-likeness (QED) is 0.461. The SMILES string of the molecule is CCCCNC(=O)/C(C#N)=C\NCc1cccc(Cl)c1. The van der Waals surface area contributed by atoms with Gasteiger partial charge in [-0.05, 0) is 24.1 Å². The van der Waals surface area contributed by atoms with E-state index in [-0.39, 0.29) is 11.5 Å². The van der Waals surface area contributed by atoms with Crippen LogP contribution in [0.4, 0.5) is 0 Å². The van der Waals surface area contributed by atoms with Crippen molar-refractivity contribution in [2.75, 3.05) is 6.54 Å². The van der Waals surface area contributed by atoms with Crippen LogP contribution in [0.1, 0.15) is 25.3 Å². The molecule has 0 bridgehead atoms. The Morgan fingerprint density at radius 2 is 2.30 bits per heavy atom. The summed E-state index contributed by atoms with van der Waals surface area (Å²) in [6.45, 7) is 3.14. The van der Waals surface area contributed by atoms with Crippen LogP contribution in [0.3, 0.4) is 0 Å². The fourth-order valence-corrected chi connectivity index (χ4v) is 1.75. The molecule has 0 radical (unpaired) electrons. The molecule has 106 valence electrons. The lowest BCUT2D eigenvalue weighted by molar-refractivity contribution is -0.117. The first-order chi connectivity index (χ1) is 9.67. The third-order valence-electron chi connectivity index (χ3n) is 2.62. The standard InChI is InChI=1S/C15H18ClN3O/c1-2-3-7-19-15(20)13(9-17)11-18-10-12-5-4-6-14(16)8-12/h4-6,8,11,18H,2-3,7,10H2,1H3,(H,19,20)/b13-11-. The molecule has 0 aliphatic rings. The predicted octanol–water partition coefficient (Wildman–Crippen LogP) is 2.75. The largest absolute Gasteiger partial charge is 0.386 e. The van der Waals surface area contributed by atoms with Crippen molar-refractivity contribution in [1.82, 2.24) is 10.6 Å². The smallest absolute Gasteiger partial charge is 0.263 e. The second-order valence-corrected chi connectivity index (χ2v) is 4.73. The zero-order valence-corrected chi connectivity index (χ0v) is 12.2. The molecule has 0 atom stereocenters. The van der Waals surface area contributed by atoms with Crippen molar-refractivity contribution in [3.8, 4) is 6.07 Å². The first-order valence-electron chi connectivity index (χ1n) is 6.53. The molecule has 2 N–H and O–H groups in total. The Morgan fingerprint density at radius 3 is 2.95 bits per heavy atom. The highest BCUT2D eigenvalue weighted by atomic mass is 35.5. The molecule has 0 unspecified atom stereocenters. The van der Waals surface area contributed by atoms with Crippen molar-refractivity contribution < 1.29 is 4.79 Å². The second kappa shape index (κ2) is 9.00. The fourth-order valence-electron chi connectivity index (χ4n) is 1.54. The van der Waals surface area contributed by atoms with E-state index in [0.717, 1.165) is 18.4 Å². The lowest BCUT2D eigenvalue weighted by Gasteiger charge is -2.05. The topological polar surface area (TPSA) is 64.9 Å². The predicted molar refractivity (Wildman–Crippen MR) is 79.9 cm³/mol. The molecule has 5 heteroatoms. The number of hydrogen-bond donors (Lipinski definition) is 2. The van der Waals surface area contributed by atoms with E-state index in [0.29, 0.717) is 18.1 Å². The zero-order chi connectivity index (χ0) is 14.8. The molecule has 0 aliphatic heterocycles. The average molecular weight is 292 g/mol. The van der Waals surface area contributed by atoms with Crippen LogP contribution >= 0.6 is 11.6 Å². The van der Waals surface area contributed by atoms with Crippen molar-refractivity contribution in [3.05, 3.63) is 46.6 Å². The van der Waals surface area contributed by atoms with Crippen LogP contribution in [-0.4, -0.2) is 12.5 Å². The number of hydrogen-bond acceptors (Lipinski definition) is 3. The van der Waals surface area contributed by atoms with Gasteiger partial charge in [-0.3, -0.25) is 4.79 Å². The van der Waals surface area contributed by atoms with Gasteiger partial charge in [0.1, 0.15) is 11.6 Å². The molecule has 1 aromatic rings. The van der Waals surface area contributed by atoms with Crippen LogP contribution in [0, 0.1) is 11.3 Å². The highest BCUT2D eigenvalue weighted by Gasteiger charge is 2.07. The van der Waals surface area contributed by atoms with Gasteiger partial charge in [-0.15, -0.1) is 0 Å². The molecule has 0 fully saturated rings. The number of benzene rings is 1. The summed E-state index contributed by atoms with van der Waals surface area (Å²) in [5.74, 6) is -0.348. The van der Waals surface area contributed by atoms with E-state index in [1.54, 1.807) is 6.07 Å². The highest BCUT2D eigenvalue weighted by Crippen LogP contribution is 2.10. The first kappa shape index (κ1) is 16.1. The number of unbranched alkanes of at least 4 members (excludes halogenated alkanes) is 1. The van der Waals surface area contributed by atoms with Crippen LogP contribution in [0.15, 0.2) is 36.0 Å². The average Bonchev–Trinajstić information content (AvgIpc) is 2.44. The summed E-state index contributed by atoms with van der Waals surface area (Å²) >= 11 is 5.88. The van der Waals surface area contributed by atoms with Gasteiger partial charge in [-0.2, -0.15) is 5.26 Å². The molecule has 1 amide bonds. The molecule has 0 aromatic heterocycles. The van der Waals surface area contributed by atoms with Gasteiger partial charge < -0.3 is 10.6 Å². The molecule has 20 heavy (non-hydrogen) atoms. The minimum atomic E-state index is -0.348. The van der Waals surface area contributed by atoms with Gasteiger partial charge in [0.2, 0.25) is 0 Å². The number of nitrogens with zero attached hydrogens (tertiary/aromatic N) is 1. The first-order valence-corrected chi connectivity index (χ1v) is 6.91. The minimum absolute atomic E-state index is 0.0723. The monoisotopic (exact) mass is 291 g/mol. The number of halogens is 1. The number of amides is 1. The summed E-state index contributed by atoms with van der Waals surface area (Å²) in [4.78, 5) is 11.7. The number of nitriles is 1. The maximum atomic E-state index is 11.7. The van der Waals surface area contributed by atoms with Gasteiger partial charge in [0.25, 0.3) is 5.91 Å². The third-order valence-corrected chi connectivity index (χ3v) is 2.86. The molecule has 0 heterocycles. The van der Waals surface area contributed by atoms with Gasteiger partial charge in [-0.1, -0.05) is 37.1 Å². The van der Waals surface area contributed by atoms with Gasteiger partial charge in [0, 0.05) is 24.3 Å². The summed E-state index contributed by atoms with van der Waals surface area (Å²) in [5.41, 5.74) is 1.06. The molecule has 0 saturated heterocycles. The van der Waals surface area contributed by atoms with E-state index < -0.39 is 0 Å². The molecule has 0 saturated carbocycles. The Morgan fingerprint density at radius 1 is 1.50 bits per heavy atom. The molecule has 1 aromatic carbocycles. The van der Waals surface area contributed by atoms with Crippen molar-refractivity contribution in [3.63, 3.8) is 0 Å². The summed E-state index contributed by atoms with van der Waals surface area (Å²) in [6, 6.07) is 9.28. The van der Waals surface area contributed by atoms with E-state index in [9.17, 15) is 4.79 Å². The third kappa shape index (κ3) is 5.77. The van der Waals surface area contributed by atoms with Crippen LogP contribution in [-0.2, 0) is 11.3 Å². The lowest BCUT2D eigenvalue weighted by atomic mass is 10.2. The molecular weight excluding hydrogens is 274 g/mol. The van der Waals surface area contributed by atoms with Gasteiger partial charge in [0.15, 0.2) is 0 Å². The van der Waals surface area contributed by atoms with E-state index in [2.05, 4.69) is 10.6 Å². The summed E-state index contributed by atoms with van der Waals surface area (Å²) in [6.07, 6.45) is 3.33. The van der Waals surface area contributed by atoms with Gasteiger partial charge in [0.05, 0.1) is 0 Å². The Labute approximate surface area is 124 Å². The van der Waals surface area contributed by atoms with Crippen LogP contribution < -0.4 is 10.6 Å². The molecule has 0 aliphatic carbocycles. The van der Waals surface area contributed by atoms with Crippen LogP contribution in [0.2, 0.25) is 5.02 Å². The van der Waals surface area contributed by atoms with E-state index in [4.69, 9.17) is 16.9 Å². The maximum absolute atomic E-state index is 11.7. The number of nitrogens with one attached hydrogen (secondary N) is 2. The number of carbonyl (C=O) groups is 1. The van der Waals surface area contributed by atoms with Crippen molar-refractivity contribution in [1.29, 1.82) is 5.26 Å². The molecule has 1 rings (SSSR count). The summed E-state index contributed by atoms with van der Waals surface area (Å²) < 4.78 is 0. The van der Waals surface area contributed by atoms with E-state index >= 15 is 0 Å². The van der Waals surface area contributed by atoms with Gasteiger partial charge in [-0.25, -0.2) is 0 Å². The Kier molecular flexibility index (Phi) is 7.23. The summed E-state index contributed by atoms with van der Waals surface area (Å²) in [7, 11) is 0. The van der Waals surface area contributed by atoms with Gasteiger partial charge >= 0.3 is 0 Å². The maximum Gasteiger partial charge on any atom is 0.263 e. The Bertz CT molecular complexity index is 520. The zero-order valence-electron chi connectivity index (χ0n) is 11.4. The number of carbonyl (C=O) groups excluding carboxylic acids is 1. The molecule has 0 spiro atoms. The highest BCUT2D eigenvalue weighted by molar-refractivity contribution is 6.30. The van der Waals surface area contributed by atoms with Crippen LogP contribution in [0.25, 0.3) is 0 Å². The molecule has 4 nitrogen and oxygen atoms in total. The second-order valence-electron chi connectivity index (χ2n) is 4.29. The van der Waals surface area contributed by atoms with Crippen molar-refractivity contribution >= 4 is 17.5 Å². The number of rotatable bonds is 7. The normalized spacial score (nSPS) is 10.8. The van der Waals surface area contributed by atoms with Crippen molar-refractivity contribution in [2.24, 2.45) is 0 Å². The van der Waals surface area contributed by atoms with E-state index in [1.165, 1.54) is 6.20 Å². The lowest BCUT2D eigenvalue weighted by Crippen LogP contribution is -2.26. The Hall–Kier alpha value is -1.99. The minimum Gasteiger partial charge on any atom is -0.386 e. The fraction of sp³-hybridized carbons (Fsp3) is 0.333. The molecular formula is C15H18ClN3O. The van der Waals surface area contributed by atoms with Crippen molar-refractivity contribution in [2.45, 2.75) is 26.3 Å². The van der Waals surface area contributed by atoms with Crippen LogP contribution in [0.5, 0.6) is 0 Å². The summed E-state index contributed by atoms with van der Waals surface area (Å²) in [5, 5.41) is 15.3. The van der Waals surface area contributed by atoms with E-state index in [1.807, 2.05) is 31.2 Å².